The molecular weight excluding hydrogens is 528 g/mol. The summed E-state index contributed by atoms with van der Waals surface area (Å²) >= 11 is 0. The van der Waals surface area contributed by atoms with Crippen LogP contribution in [0.4, 0.5) is 11.4 Å². The molecule has 0 radical (unpaired) electrons. The fraction of sp³-hybridized carbons (Fsp3) is 0.257. The summed E-state index contributed by atoms with van der Waals surface area (Å²) in [5.74, 6) is -3.91. The van der Waals surface area contributed by atoms with Gasteiger partial charge in [-0.15, -0.1) is 0 Å². The Morgan fingerprint density at radius 2 is 1.55 bits per heavy atom. The van der Waals surface area contributed by atoms with Gasteiger partial charge in [0.2, 0.25) is 23.6 Å². The highest BCUT2D eigenvalue weighted by atomic mass is 16.3. The molecule has 4 amide bonds. The van der Waals surface area contributed by atoms with E-state index in [-0.39, 0.29) is 35.8 Å². The van der Waals surface area contributed by atoms with E-state index < -0.39 is 35.0 Å². The third-order valence-corrected chi connectivity index (χ3v) is 9.88. The summed E-state index contributed by atoms with van der Waals surface area (Å²) in [4.78, 5) is 58.9. The Balaban J connectivity index is 1.35. The molecule has 7 rings (SSSR count). The maximum Gasteiger partial charge on any atom is 0.241 e. The molecular formula is C35H30N2O5. The third kappa shape index (κ3) is 3.52. The van der Waals surface area contributed by atoms with Gasteiger partial charge in [0.25, 0.3) is 0 Å². The number of fused-ring (bicyclic) bond motifs is 4. The van der Waals surface area contributed by atoms with Crippen LogP contribution < -0.4 is 9.80 Å². The highest BCUT2D eigenvalue weighted by molar-refractivity contribution is 6.25. The first-order valence-electron chi connectivity index (χ1n) is 14.3. The lowest BCUT2D eigenvalue weighted by molar-refractivity contribution is -0.131. The van der Waals surface area contributed by atoms with Gasteiger partial charge >= 0.3 is 0 Å². The Kier molecular flexibility index (Phi) is 5.84. The largest absolute Gasteiger partial charge is 0.508 e. The van der Waals surface area contributed by atoms with E-state index >= 15 is 0 Å². The standard InChI is InChI=1S/C35H30N2O5/c1-3-20-12-14-23(15-13-20)36-31(39)26-17-16-25-27(29(26)33(36)41)19-28-32(40)37(22-9-5-4-6-10-22)34(42)35(28,2)30(25)21-8-7-11-24(38)18-21/h3-16,18,26-30,38H,1,17,19H2,2H3/t26-,27+,28-,29-,30-,35+/m0/s1. The molecule has 4 aliphatic rings. The number of anilines is 2. The summed E-state index contributed by atoms with van der Waals surface area (Å²) in [6.07, 6.45) is 4.37. The average molecular weight is 559 g/mol. The highest BCUT2D eigenvalue weighted by Crippen LogP contribution is 2.63. The van der Waals surface area contributed by atoms with E-state index in [9.17, 15) is 24.3 Å². The molecule has 7 heteroatoms. The van der Waals surface area contributed by atoms with Crippen molar-refractivity contribution in [3.63, 3.8) is 0 Å². The zero-order valence-corrected chi connectivity index (χ0v) is 23.1. The molecule has 0 bridgehead atoms. The molecule has 3 aromatic carbocycles. The number of imide groups is 2. The normalized spacial score (nSPS) is 30.1. The molecule has 7 nitrogen and oxygen atoms in total. The number of nitrogens with zero attached hydrogens (tertiary/aromatic N) is 2. The molecule has 3 fully saturated rings. The summed E-state index contributed by atoms with van der Waals surface area (Å²) in [6.45, 7) is 5.61. The minimum atomic E-state index is -1.14. The summed E-state index contributed by atoms with van der Waals surface area (Å²) in [6, 6.07) is 22.9. The highest BCUT2D eigenvalue weighted by Gasteiger charge is 2.67. The summed E-state index contributed by atoms with van der Waals surface area (Å²) < 4.78 is 0. The number of benzene rings is 3. The molecule has 2 heterocycles. The zero-order valence-electron chi connectivity index (χ0n) is 23.1. The van der Waals surface area contributed by atoms with E-state index in [0.29, 0.717) is 23.4 Å². The molecule has 0 aromatic heterocycles. The van der Waals surface area contributed by atoms with Crippen molar-refractivity contribution in [2.45, 2.75) is 25.7 Å². The Labute approximate surface area is 243 Å². The van der Waals surface area contributed by atoms with Crippen LogP contribution in [0.3, 0.4) is 0 Å². The van der Waals surface area contributed by atoms with Gasteiger partial charge in [0.15, 0.2) is 0 Å². The van der Waals surface area contributed by atoms with Crippen molar-refractivity contribution in [1.29, 1.82) is 0 Å². The van der Waals surface area contributed by atoms with Crippen LogP contribution in [0.25, 0.3) is 6.08 Å². The van der Waals surface area contributed by atoms with Gasteiger partial charge in [0.05, 0.1) is 34.5 Å². The number of para-hydroxylation sites is 1. The number of hydrogen-bond acceptors (Lipinski definition) is 5. The number of carbonyl (C=O) groups is 4. The van der Waals surface area contributed by atoms with E-state index in [0.717, 1.165) is 11.1 Å². The topological polar surface area (TPSA) is 95.0 Å². The van der Waals surface area contributed by atoms with Gasteiger partial charge in [-0.2, -0.15) is 0 Å². The van der Waals surface area contributed by atoms with Crippen LogP contribution in [-0.2, 0) is 19.2 Å². The molecule has 0 spiro atoms. The number of hydrogen-bond donors (Lipinski definition) is 1. The first-order chi connectivity index (χ1) is 20.3. The van der Waals surface area contributed by atoms with Crippen molar-refractivity contribution in [3.05, 3.63) is 108 Å². The smallest absolute Gasteiger partial charge is 0.241 e. The monoisotopic (exact) mass is 558 g/mol. The van der Waals surface area contributed by atoms with Crippen molar-refractivity contribution in [1.82, 2.24) is 0 Å². The van der Waals surface area contributed by atoms with E-state index in [1.165, 1.54) is 9.80 Å². The van der Waals surface area contributed by atoms with Crippen molar-refractivity contribution < 1.29 is 24.3 Å². The Morgan fingerprint density at radius 1 is 0.833 bits per heavy atom. The van der Waals surface area contributed by atoms with Gasteiger partial charge in [-0.05, 0) is 73.2 Å². The second kappa shape index (κ2) is 9.38. The zero-order chi connectivity index (χ0) is 29.3. The first-order valence-corrected chi connectivity index (χ1v) is 14.3. The summed E-state index contributed by atoms with van der Waals surface area (Å²) in [7, 11) is 0. The Bertz CT molecular complexity index is 1690. The minimum absolute atomic E-state index is 0.0574. The Hall–Kier alpha value is -4.78. The molecule has 2 aliphatic heterocycles. The van der Waals surface area contributed by atoms with Gasteiger partial charge in [-0.25, -0.2) is 4.90 Å². The van der Waals surface area contributed by atoms with Crippen molar-refractivity contribution >= 4 is 41.1 Å². The fourth-order valence-electron chi connectivity index (χ4n) is 7.94. The number of phenols is 1. The predicted molar refractivity (Wildman–Crippen MR) is 158 cm³/mol. The number of allylic oxidation sites excluding steroid dienone is 2. The van der Waals surface area contributed by atoms with Crippen molar-refractivity contribution in [2.75, 3.05) is 9.80 Å². The van der Waals surface area contributed by atoms with E-state index in [1.807, 2.05) is 37.3 Å². The Morgan fingerprint density at radius 3 is 2.24 bits per heavy atom. The minimum Gasteiger partial charge on any atom is -0.508 e. The van der Waals surface area contributed by atoms with Crippen molar-refractivity contribution in [3.8, 4) is 5.75 Å². The number of amides is 4. The molecule has 2 aliphatic carbocycles. The van der Waals surface area contributed by atoms with Gasteiger partial charge in [0, 0.05) is 5.92 Å². The second-order valence-electron chi connectivity index (χ2n) is 11.9. The SMILES string of the molecule is C=Cc1ccc(N2C(=O)[C@H]3[C@H](CC=C4[C@H]3C[C@H]3C(=O)N(c5ccccc5)C(=O)[C@@]3(C)[C@H]4c3cccc(O)c3)C2=O)cc1. The average Bonchev–Trinajstić information content (AvgIpc) is 3.37. The lowest BCUT2D eigenvalue weighted by Gasteiger charge is -2.49. The van der Waals surface area contributed by atoms with Crippen LogP contribution in [0.5, 0.6) is 5.75 Å². The van der Waals surface area contributed by atoms with Crippen LogP contribution in [0.1, 0.15) is 36.8 Å². The molecule has 0 unspecified atom stereocenters. The van der Waals surface area contributed by atoms with Gasteiger partial charge in [-0.3, -0.25) is 24.1 Å². The van der Waals surface area contributed by atoms with E-state index in [2.05, 4.69) is 6.58 Å². The molecule has 6 atom stereocenters. The van der Waals surface area contributed by atoms with Gasteiger partial charge in [0.1, 0.15) is 5.75 Å². The molecule has 1 N–H and O–H groups in total. The van der Waals surface area contributed by atoms with Gasteiger partial charge < -0.3 is 5.11 Å². The van der Waals surface area contributed by atoms with Crippen LogP contribution in [0.2, 0.25) is 0 Å². The number of aromatic hydroxyl groups is 1. The quantitative estimate of drug-likeness (QED) is 0.339. The number of phenolic OH excluding ortho intramolecular Hbond substituents is 1. The van der Waals surface area contributed by atoms with Crippen LogP contribution in [0, 0.1) is 29.1 Å². The summed E-state index contributed by atoms with van der Waals surface area (Å²) in [5.41, 5.74) is 2.37. The van der Waals surface area contributed by atoms with E-state index in [1.54, 1.807) is 60.7 Å². The second-order valence-corrected chi connectivity index (χ2v) is 11.9. The molecule has 1 saturated carbocycles. The van der Waals surface area contributed by atoms with Crippen molar-refractivity contribution in [2.24, 2.45) is 29.1 Å². The maximum atomic E-state index is 14.3. The predicted octanol–water partition coefficient (Wildman–Crippen LogP) is 5.47. The molecule has 42 heavy (non-hydrogen) atoms. The summed E-state index contributed by atoms with van der Waals surface area (Å²) in [5, 5.41) is 10.4. The lowest BCUT2D eigenvalue weighted by atomic mass is 9.51. The van der Waals surface area contributed by atoms with Crippen LogP contribution in [-0.4, -0.2) is 28.7 Å². The van der Waals surface area contributed by atoms with Crippen LogP contribution >= 0.6 is 0 Å². The molecule has 2 saturated heterocycles. The maximum absolute atomic E-state index is 14.3. The fourth-order valence-corrected chi connectivity index (χ4v) is 7.94. The third-order valence-electron chi connectivity index (χ3n) is 9.88. The first kappa shape index (κ1) is 26.1. The van der Waals surface area contributed by atoms with Crippen LogP contribution in [0.15, 0.2) is 97.1 Å². The lowest BCUT2D eigenvalue weighted by Crippen LogP contribution is -2.48. The molecule has 3 aromatic rings. The number of carbonyl (C=O) groups excluding carboxylic acids is 4. The van der Waals surface area contributed by atoms with Gasteiger partial charge in [-0.1, -0.05) is 66.8 Å². The van der Waals surface area contributed by atoms with E-state index in [4.69, 9.17) is 0 Å². The number of rotatable bonds is 4. The molecule has 210 valence electrons.